The van der Waals surface area contributed by atoms with Crippen molar-refractivity contribution < 1.29 is 23.5 Å². The molecule has 0 radical (unpaired) electrons. The summed E-state index contributed by atoms with van der Waals surface area (Å²) in [5, 5.41) is 0. The molecule has 2 aliphatic heterocycles. The van der Waals surface area contributed by atoms with Crippen molar-refractivity contribution in [1.29, 1.82) is 0 Å². The van der Waals surface area contributed by atoms with Gasteiger partial charge in [0.15, 0.2) is 0 Å². The van der Waals surface area contributed by atoms with Crippen LogP contribution in [-0.4, -0.2) is 80.8 Å². The molecule has 0 saturated carbocycles. The van der Waals surface area contributed by atoms with E-state index in [2.05, 4.69) is 18.7 Å². The van der Waals surface area contributed by atoms with Gasteiger partial charge in [0.2, 0.25) is 5.91 Å². The molecule has 1 aromatic rings. The summed E-state index contributed by atoms with van der Waals surface area (Å²) in [4.78, 5) is 32.2. The minimum atomic E-state index is -0.371. The van der Waals surface area contributed by atoms with Crippen LogP contribution in [0.4, 0.5) is 10.1 Å². The molecule has 0 aromatic heterocycles. The third-order valence-electron chi connectivity index (χ3n) is 6.70. The van der Waals surface area contributed by atoms with Gasteiger partial charge in [-0.2, -0.15) is 0 Å². The number of ether oxygens (including phenoxy) is 2. The SMILES string of the molecule is COCC(=O)N1CCCN(CC(C)C)CCCN(C(=O)CCC2CCCO2)Cc2cc(F)ccc21. The van der Waals surface area contributed by atoms with E-state index in [1.165, 1.54) is 19.2 Å². The van der Waals surface area contributed by atoms with Crippen LogP contribution in [0.2, 0.25) is 0 Å². The molecule has 1 unspecified atom stereocenters. The summed E-state index contributed by atoms with van der Waals surface area (Å²) >= 11 is 0. The van der Waals surface area contributed by atoms with Crippen LogP contribution in [0.5, 0.6) is 0 Å². The Morgan fingerprint density at radius 1 is 1.11 bits per heavy atom. The highest BCUT2D eigenvalue weighted by atomic mass is 19.1. The Morgan fingerprint density at radius 2 is 1.89 bits per heavy atom. The first-order chi connectivity index (χ1) is 16.9. The molecule has 7 nitrogen and oxygen atoms in total. The Bertz CT molecular complexity index is 829. The van der Waals surface area contributed by atoms with E-state index in [0.29, 0.717) is 43.1 Å². The summed E-state index contributed by atoms with van der Waals surface area (Å²) in [6.45, 7) is 9.24. The van der Waals surface area contributed by atoms with Crippen LogP contribution < -0.4 is 4.90 Å². The highest BCUT2D eigenvalue weighted by Gasteiger charge is 2.25. The van der Waals surface area contributed by atoms with E-state index in [1.54, 1.807) is 11.0 Å². The van der Waals surface area contributed by atoms with Gasteiger partial charge >= 0.3 is 0 Å². The van der Waals surface area contributed by atoms with Crippen molar-refractivity contribution in [2.24, 2.45) is 5.92 Å². The van der Waals surface area contributed by atoms with Gasteiger partial charge in [0.05, 0.1) is 6.10 Å². The van der Waals surface area contributed by atoms with Crippen LogP contribution in [0.1, 0.15) is 57.9 Å². The average Bonchev–Trinajstić information content (AvgIpc) is 3.33. The average molecular weight is 492 g/mol. The van der Waals surface area contributed by atoms with Crippen molar-refractivity contribution in [2.75, 3.05) is 57.9 Å². The lowest BCUT2D eigenvalue weighted by Gasteiger charge is -2.32. The largest absolute Gasteiger partial charge is 0.378 e. The summed E-state index contributed by atoms with van der Waals surface area (Å²) < 4.78 is 25.2. The molecule has 35 heavy (non-hydrogen) atoms. The molecule has 2 heterocycles. The molecule has 1 atom stereocenters. The number of nitrogens with zero attached hydrogens (tertiary/aromatic N) is 3. The maximum absolute atomic E-state index is 14.3. The van der Waals surface area contributed by atoms with Crippen LogP contribution in [0.15, 0.2) is 18.2 Å². The number of carbonyl (C=O) groups is 2. The molecule has 1 fully saturated rings. The molecular formula is C27H42FN3O4. The number of hydrogen-bond donors (Lipinski definition) is 0. The quantitative estimate of drug-likeness (QED) is 0.580. The van der Waals surface area contributed by atoms with Crippen LogP contribution in [0, 0.1) is 11.7 Å². The maximum Gasteiger partial charge on any atom is 0.252 e. The lowest BCUT2D eigenvalue weighted by Crippen LogP contribution is -2.40. The Morgan fingerprint density at radius 3 is 2.57 bits per heavy atom. The van der Waals surface area contributed by atoms with Gasteiger partial charge in [-0.3, -0.25) is 9.59 Å². The third kappa shape index (κ3) is 8.54. The molecule has 0 N–H and O–H groups in total. The lowest BCUT2D eigenvalue weighted by atomic mass is 10.1. The maximum atomic E-state index is 14.3. The van der Waals surface area contributed by atoms with Gasteiger partial charge in [0.1, 0.15) is 12.4 Å². The van der Waals surface area contributed by atoms with Gasteiger partial charge in [-0.15, -0.1) is 0 Å². The van der Waals surface area contributed by atoms with Crippen molar-refractivity contribution >= 4 is 17.5 Å². The number of halogens is 1. The zero-order chi connectivity index (χ0) is 25.2. The monoisotopic (exact) mass is 491 g/mol. The third-order valence-corrected chi connectivity index (χ3v) is 6.70. The molecular weight excluding hydrogens is 449 g/mol. The Labute approximate surface area is 209 Å². The minimum Gasteiger partial charge on any atom is -0.378 e. The second kappa shape index (κ2) is 13.9. The van der Waals surface area contributed by atoms with E-state index in [0.717, 1.165) is 51.9 Å². The van der Waals surface area contributed by atoms with Crippen molar-refractivity contribution in [3.8, 4) is 0 Å². The number of amides is 2. The molecule has 196 valence electrons. The zero-order valence-electron chi connectivity index (χ0n) is 21.6. The lowest BCUT2D eigenvalue weighted by molar-refractivity contribution is -0.132. The normalized spacial score (nSPS) is 20.4. The number of rotatable bonds is 7. The van der Waals surface area contributed by atoms with Gasteiger partial charge in [-0.25, -0.2) is 4.39 Å². The first-order valence-corrected chi connectivity index (χ1v) is 13.1. The summed E-state index contributed by atoms with van der Waals surface area (Å²) in [5.41, 5.74) is 1.31. The van der Waals surface area contributed by atoms with E-state index in [1.807, 2.05) is 4.90 Å². The molecule has 2 amide bonds. The summed E-state index contributed by atoms with van der Waals surface area (Å²) in [6.07, 6.45) is 4.99. The van der Waals surface area contributed by atoms with E-state index in [9.17, 15) is 14.0 Å². The minimum absolute atomic E-state index is 0.0451. The predicted octanol–water partition coefficient (Wildman–Crippen LogP) is 3.84. The fourth-order valence-corrected chi connectivity index (χ4v) is 5.09. The first-order valence-electron chi connectivity index (χ1n) is 13.1. The van der Waals surface area contributed by atoms with Crippen molar-refractivity contribution in [3.05, 3.63) is 29.6 Å². The Balaban J connectivity index is 1.86. The molecule has 3 rings (SSSR count). The fraction of sp³-hybridized carbons (Fsp3) is 0.704. The van der Waals surface area contributed by atoms with Crippen LogP contribution >= 0.6 is 0 Å². The highest BCUT2D eigenvalue weighted by Crippen LogP contribution is 2.26. The summed E-state index contributed by atoms with van der Waals surface area (Å²) in [7, 11) is 1.50. The summed E-state index contributed by atoms with van der Waals surface area (Å²) in [6, 6.07) is 4.50. The van der Waals surface area contributed by atoms with Crippen molar-refractivity contribution in [1.82, 2.24) is 9.80 Å². The standard InChI is InChI=1S/C27H42FN3O4/c1-21(2)18-29-12-5-14-30(26(32)11-9-24-7-4-16-35-24)19-22-17-23(28)8-10-25(22)31(15-6-13-29)27(33)20-34-3/h8,10,17,21,24H,4-7,9,11-16,18-20H2,1-3H3. The predicted molar refractivity (Wildman–Crippen MR) is 135 cm³/mol. The molecule has 8 heteroatoms. The molecule has 0 aliphatic carbocycles. The van der Waals surface area contributed by atoms with Gasteiger partial charge in [0.25, 0.3) is 5.91 Å². The van der Waals surface area contributed by atoms with E-state index in [4.69, 9.17) is 9.47 Å². The second-order valence-corrected chi connectivity index (χ2v) is 10.1. The number of benzene rings is 1. The Kier molecular flexibility index (Phi) is 10.9. The van der Waals surface area contributed by atoms with Gasteiger partial charge < -0.3 is 24.2 Å². The van der Waals surface area contributed by atoms with E-state index < -0.39 is 0 Å². The molecule has 1 aromatic carbocycles. The smallest absolute Gasteiger partial charge is 0.252 e. The molecule has 0 spiro atoms. The van der Waals surface area contributed by atoms with Crippen molar-refractivity contribution in [2.45, 2.75) is 65.0 Å². The van der Waals surface area contributed by atoms with Gasteiger partial charge in [-0.1, -0.05) is 13.8 Å². The molecule has 0 bridgehead atoms. The fourth-order valence-electron chi connectivity index (χ4n) is 5.09. The summed E-state index contributed by atoms with van der Waals surface area (Å²) in [5.74, 6) is 0.0499. The van der Waals surface area contributed by atoms with Crippen LogP contribution in [0.25, 0.3) is 0 Å². The number of carbonyl (C=O) groups excluding carboxylic acids is 2. The van der Waals surface area contributed by atoms with Gasteiger partial charge in [0, 0.05) is 52.0 Å². The van der Waals surface area contributed by atoms with Crippen LogP contribution in [0.3, 0.4) is 0 Å². The zero-order valence-corrected chi connectivity index (χ0v) is 21.6. The first kappa shape index (κ1) is 27.6. The second-order valence-electron chi connectivity index (χ2n) is 10.1. The van der Waals surface area contributed by atoms with E-state index in [-0.39, 0.29) is 36.9 Å². The molecule has 2 aliphatic rings. The highest BCUT2D eigenvalue weighted by molar-refractivity contribution is 5.95. The number of methoxy groups -OCH3 is 1. The number of anilines is 1. The Hall–Kier alpha value is -2.03. The van der Waals surface area contributed by atoms with E-state index >= 15 is 0 Å². The van der Waals surface area contributed by atoms with Crippen molar-refractivity contribution in [3.63, 3.8) is 0 Å². The van der Waals surface area contributed by atoms with Gasteiger partial charge in [-0.05, 0) is 74.9 Å². The number of hydrogen-bond acceptors (Lipinski definition) is 5. The topological polar surface area (TPSA) is 62.3 Å². The van der Waals surface area contributed by atoms with Crippen LogP contribution in [-0.2, 0) is 25.6 Å². The molecule has 1 saturated heterocycles. The number of fused-ring (bicyclic) bond motifs is 1.